The van der Waals surface area contributed by atoms with E-state index in [2.05, 4.69) is 69.1 Å². The van der Waals surface area contributed by atoms with Crippen LogP contribution in [0.25, 0.3) is 11.0 Å². The molecule has 1 fully saturated rings. The predicted octanol–water partition coefficient (Wildman–Crippen LogP) is 3.96. The van der Waals surface area contributed by atoms with Crippen molar-refractivity contribution in [3.8, 4) is 0 Å². The molecular formula is C20H24ClN5. The Labute approximate surface area is 159 Å². The molecule has 26 heavy (non-hydrogen) atoms. The first-order chi connectivity index (χ1) is 12.6. The van der Waals surface area contributed by atoms with Crippen molar-refractivity contribution >= 4 is 28.6 Å². The van der Waals surface area contributed by atoms with E-state index in [1.165, 1.54) is 12.0 Å². The molecule has 5 nitrogen and oxygen atoms in total. The number of aromatic nitrogens is 3. The zero-order valence-electron chi connectivity index (χ0n) is 15.2. The van der Waals surface area contributed by atoms with Crippen molar-refractivity contribution in [1.82, 2.24) is 19.9 Å². The number of aromatic amines is 1. The molecule has 1 aromatic carbocycles. The molecule has 4 rings (SSSR count). The van der Waals surface area contributed by atoms with Gasteiger partial charge >= 0.3 is 0 Å². The molecule has 1 N–H and O–H groups in total. The van der Waals surface area contributed by atoms with Crippen molar-refractivity contribution in [2.24, 2.45) is 5.92 Å². The number of nitrogens with zero attached hydrogens (tertiary/aromatic N) is 4. The molecule has 0 radical (unpaired) electrons. The van der Waals surface area contributed by atoms with E-state index >= 15 is 0 Å². The first-order valence-electron chi connectivity index (χ1n) is 9.11. The van der Waals surface area contributed by atoms with E-state index in [0.717, 1.165) is 30.7 Å². The zero-order chi connectivity index (χ0) is 18.1. The van der Waals surface area contributed by atoms with Crippen molar-refractivity contribution in [3.05, 3.63) is 53.3 Å². The van der Waals surface area contributed by atoms with Gasteiger partial charge in [-0.2, -0.15) is 4.98 Å². The fourth-order valence-corrected chi connectivity index (χ4v) is 4.03. The normalized spacial score (nSPS) is 21.2. The highest BCUT2D eigenvalue weighted by molar-refractivity contribution is 6.34. The largest absolute Gasteiger partial charge is 0.346 e. The van der Waals surface area contributed by atoms with E-state index < -0.39 is 0 Å². The summed E-state index contributed by atoms with van der Waals surface area (Å²) >= 11 is 6.35. The standard InChI is InChI=1S/C20H24ClN5/c1-14-9-11-26(12-15-6-4-3-5-7-15)13-17(14)25(2)20-23-18(21)16-8-10-22-19(16)24-20/h3-8,10,14,17H,9,11-13H2,1-2H3,(H,22,23,24)/t14-,17+/m0/s1. The monoisotopic (exact) mass is 369 g/mol. The first-order valence-corrected chi connectivity index (χ1v) is 9.49. The number of likely N-dealkylation sites (N-methyl/N-ethyl adjacent to an activating group) is 1. The lowest BCUT2D eigenvalue weighted by Gasteiger charge is -2.41. The highest BCUT2D eigenvalue weighted by Crippen LogP contribution is 2.27. The van der Waals surface area contributed by atoms with Crippen LogP contribution in [0.15, 0.2) is 42.6 Å². The van der Waals surface area contributed by atoms with E-state index in [9.17, 15) is 0 Å². The van der Waals surface area contributed by atoms with Crippen LogP contribution >= 0.6 is 11.6 Å². The zero-order valence-corrected chi connectivity index (χ0v) is 15.9. The Morgan fingerprint density at radius 3 is 2.85 bits per heavy atom. The highest BCUT2D eigenvalue weighted by atomic mass is 35.5. The van der Waals surface area contributed by atoms with Gasteiger partial charge in [-0.3, -0.25) is 4.90 Å². The molecule has 136 valence electrons. The number of halogens is 1. The lowest BCUT2D eigenvalue weighted by atomic mass is 9.92. The van der Waals surface area contributed by atoms with Gasteiger partial charge in [-0.15, -0.1) is 0 Å². The number of nitrogens with one attached hydrogen (secondary N) is 1. The van der Waals surface area contributed by atoms with Gasteiger partial charge < -0.3 is 9.88 Å². The molecule has 2 atom stereocenters. The second-order valence-electron chi connectivity index (χ2n) is 7.22. The van der Waals surface area contributed by atoms with Crippen molar-refractivity contribution in [1.29, 1.82) is 0 Å². The summed E-state index contributed by atoms with van der Waals surface area (Å²) in [6, 6.07) is 12.9. The molecule has 1 saturated heterocycles. The van der Waals surface area contributed by atoms with Crippen LogP contribution in [0, 0.1) is 5.92 Å². The van der Waals surface area contributed by atoms with E-state index in [1.54, 1.807) is 0 Å². The van der Waals surface area contributed by atoms with Gasteiger partial charge in [0.2, 0.25) is 5.95 Å². The van der Waals surface area contributed by atoms with Crippen LogP contribution < -0.4 is 4.90 Å². The molecule has 2 aromatic heterocycles. The van der Waals surface area contributed by atoms with Gasteiger partial charge in [0.1, 0.15) is 10.8 Å². The average Bonchev–Trinajstić information content (AvgIpc) is 3.13. The minimum atomic E-state index is 0.357. The maximum Gasteiger partial charge on any atom is 0.228 e. The van der Waals surface area contributed by atoms with Crippen molar-refractivity contribution in [3.63, 3.8) is 0 Å². The van der Waals surface area contributed by atoms with E-state index in [-0.39, 0.29) is 0 Å². The van der Waals surface area contributed by atoms with Gasteiger partial charge in [0.25, 0.3) is 0 Å². The van der Waals surface area contributed by atoms with Crippen molar-refractivity contribution < 1.29 is 0 Å². The van der Waals surface area contributed by atoms with Crippen LogP contribution in [-0.4, -0.2) is 46.0 Å². The maximum absolute atomic E-state index is 6.35. The Kier molecular flexibility index (Phi) is 4.83. The van der Waals surface area contributed by atoms with Crippen LogP contribution in [-0.2, 0) is 6.54 Å². The number of H-pyrrole nitrogens is 1. The Morgan fingerprint density at radius 2 is 2.04 bits per heavy atom. The number of benzene rings is 1. The fourth-order valence-electron chi connectivity index (χ4n) is 3.80. The van der Waals surface area contributed by atoms with E-state index in [1.807, 2.05) is 12.3 Å². The number of rotatable bonds is 4. The van der Waals surface area contributed by atoms with Crippen LogP contribution in [0.3, 0.4) is 0 Å². The summed E-state index contributed by atoms with van der Waals surface area (Å²) < 4.78 is 0. The predicted molar refractivity (Wildman–Crippen MR) is 107 cm³/mol. The third-order valence-corrected chi connectivity index (χ3v) is 5.71. The van der Waals surface area contributed by atoms with Crippen LogP contribution in [0.5, 0.6) is 0 Å². The molecule has 0 spiro atoms. The van der Waals surface area contributed by atoms with Crippen molar-refractivity contribution in [2.75, 3.05) is 25.0 Å². The summed E-state index contributed by atoms with van der Waals surface area (Å²) in [6.45, 7) is 5.42. The number of fused-ring (bicyclic) bond motifs is 1. The summed E-state index contributed by atoms with van der Waals surface area (Å²) in [4.78, 5) is 17.1. The van der Waals surface area contributed by atoms with Gasteiger partial charge in [0.05, 0.1) is 5.39 Å². The van der Waals surface area contributed by atoms with Gasteiger partial charge in [0.15, 0.2) is 0 Å². The second kappa shape index (κ2) is 7.25. The Balaban J connectivity index is 1.54. The second-order valence-corrected chi connectivity index (χ2v) is 7.58. The smallest absolute Gasteiger partial charge is 0.228 e. The van der Waals surface area contributed by atoms with Gasteiger partial charge in [-0.1, -0.05) is 48.9 Å². The minimum Gasteiger partial charge on any atom is -0.346 e. The topological polar surface area (TPSA) is 48.0 Å². The lowest BCUT2D eigenvalue weighted by Crippen LogP contribution is -2.51. The molecule has 0 unspecified atom stereocenters. The Hall–Kier alpha value is -2.11. The summed E-state index contributed by atoms with van der Waals surface area (Å²) in [7, 11) is 2.08. The molecule has 6 heteroatoms. The summed E-state index contributed by atoms with van der Waals surface area (Å²) in [6.07, 6.45) is 3.01. The third-order valence-electron chi connectivity index (χ3n) is 5.42. The molecule has 0 saturated carbocycles. The summed E-state index contributed by atoms with van der Waals surface area (Å²) in [5.41, 5.74) is 2.15. The average molecular weight is 370 g/mol. The quantitative estimate of drug-likeness (QED) is 0.707. The highest BCUT2D eigenvalue weighted by Gasteiger charge is 2.30. The molecule has 0 bridgehead atoms. The molecule has 1 aliphatic rings. The SMILES string of the molecule is C[C@H]1CCN(Cc2ccccc2)C[C@H]1N(C)c1nc(Cl)c2cc[nH]c2n1. The van der Waals surface area contributed by atoms with Gasteiger partial charge in [-0.05, 0) is 30.5 Å². The van der Waals surface area contributed by atoms with Crippen LogP contribution in [0.1, 0.15) is 18.9 Å². The number of piperidine rings is 1. The molecular weight excluding hydrogens is 346 g/mol. The number of anilines is 1. The molecule has 0 aliphatic carbocycles. The Bertz CT molecular complexity index is 878. The maximum atomic E-state index is 6.35. The lowest BCUT2D eigenvalue weighted by molar-refractivity contribution is 0.158. The fraction of sp³-hybridized carbons (Fsp3) is 0.400. The molecule has 3 aromatic rings. The molecule has 1 aliphatic heterocycles. The number of hydrogen-bond donors (Lipinski definition) is 1. The third kappa shape index (κ3) is 3.41. The summed E-state index contributed by atoms with van der Waals surface area (Å²) in [5.74, 6) is 1.26. The summed E-state index contributed by atoms with van der Waals surface area (Å²) in [5, 5.41) is 1.37. The van der Waals surface area contributed by atoms with Crippen LogP contribution in [0.4, 0.5) is 5.95 Å². The van der Waals surface area contributed by atoms with Gasteiger partial charge in [0, 0.05) is 32.4 Å². The van der Waals surface area contributed by atoms with E-state index in [4.69, 9.17) is 11.6 Å². The Morgan fingerprint density at radius 1 is 1.23 bits per heavy atom. The number of likely N-dealkylation sites (tertiary alicyclic amines) is 1. The minimum absolute atomic E-state index is 0.357. The number of hydrogen-bond acceptors (Lipinski definition) is 4. The van der Waals surface area contributed by atoms with Gasteiger partial charge in [-0.25, -0.2) is 4.98 Å². The molecule has 0 amide bonds. The van der Waals surface area contributed by atoms with Crippen LogP contribution in [0.2, 0.25) is 5.15 Å². The van der Waals surface area contributed by atoms with Crippen molar-refractivity contribution in [2.45, 2.75) is 25.9 Å². The first kappa shape index (κ1) is 17.3. The van der Waals surface area contributed by atoms with E-state index in [0.29, 0.717) is 23.1 Å². The molecule has 3 heterocycles.